The Bertz CT molecular complexity index is 528. The zero-order valence-corrected chi connectivity index (χ0v) is 10.3. The molecule has 0 aromatic heterocycles. The number of aryl methyl sites for hydroxylation is 1. The van der Waals surface area contributed by atoms with Gasteiger partial charge in [-0.15, -0.1) is 0 Å². The summed E-state index contributed by atoms with van der Waals surface area (Å²) in [6, 6.07) is 9.32. The molecule has 1 atom stereocenters. The van der Waals surface area contributed by atoms with Crippen LogP contribution in [-0.2, 0) is 9.53 Å². The molecule has 18 heavy (non-hydrogen) atoms. The molecular weight excluding hydrogens is 230 g/mol. The number of hydrogen-bond acceptors (Lipinski definition) is 5. The molecule has 0 amide bonds. The van der Waals surface area contributed by atoms with Crippen LogP contribution >= 0.6 is 0 Å². The first-order valence-electron chi connectivity index (χ1n) is 5.57. The van der Waals surface area contributed by atoms with E-state index in [-0.39, 0.29) is 12.1 Å². The monoisotopic (exact) mass is 243 g/mol. The maximum atomic E-state index is 11.4. The molecule has 2 rings (SSSR count). The Morgan fingerprint density at radius 3 is 2.72 bits per heavy atom. The molecule has 0 aliphatic carbocycles. The lowest BCUT2D eigenvalue weighted by atomic mass is 10.1. The predicted octanol–water partition coefficient (Wildman–Crippen LogP) is 1.63. The summed E-state index contributed by atoms with van der Waals surface area (Å²) < 4.78 is 4.62. The van der Waals surface area contributed by atoms with E-state index in [1.807, 2.05) is 31.2 Å². The Hall–Kier alpha value is -2.35. The third-order valence-corrected chi connectivity index (χ3v) is 2.78. The van der Waals surface area contributed by atoms with Gasteiger partial charge in [0.15, 0.2) is 0 Å². The van der Waals surface area contributed by atoms with Crippen molar-refractivity contribution < 1.29 is 9.53 Å². The lowest BCUT2D eigenvalue weighted by molar-refractivity contribution is -0.132. The molecule has 0 fully saturated rings. The van der Waals surface area contributed by atoms with Gasteiger partial charge in [0, 0.05) is 6.42 Å². The van der Waals surface area contributed by atoms with Crippen LogP contribution < -0.4 is 5.01 Å². The number of nitriles is 1. The van der Waals surface area contributed by atoms with Crippen LogP contribution in [0.4, 0.5) is 5.69 Å². The van der Waals surface area contributed by atoms with Gasteiger partial charge in [-0.3, -0.25) is 0 Å². The van der Waals surface area contributed by atoms with Crippen molar-refractivity contribution in [3.63, 3.8) is 0 Å². The number of ether oxygens (including phenoxy) is 1. The van der Waals surface area contributed by atoms with Crippen LogP contribution in [0.3, 0.4) is 0 Å². The van der Waals surface area contributed by atoms with Crippen molar-refractivity contribution in [2.75, 3.05) is 12.1 Å². The van der Waals surface area contributed by atoms with Gasteiger partial charge in [-0.2, -0.15) is 10.4 Å². The van der Waals surface area contributed by atoms with E-state index in [0.29, 0.717) is 0 Å². The van der Waals surface area contributed by atoms with Gasteiger partial charge >= 0.3 is 5.97 Å². The number of carbonyl (C=O) groups excluding carboxylic acids is 1. The number of anilines is 1. The summed E-state index contributed by atoms with van der Waals surface area (Å²) in [6.45, 7) is 1.98. The molecule has 5 heteroatoms. The Labute approximate surface area is 105 Å². The Balaban J connectivity index is 2.30. The highest BCUT2D eigenvalue weighted by atomic mass is 16.5. The molecule has 92 valence electrons. The van der Waals surface area contributed by atoms with Gasteiger partial charge in [0.05, 0.1) is 18.9 Å². The summed E-state index contributed by atoms with van der Waals surface area (Å²) >= 11 is 0. The average Bonchev–Trinajstić information content (AvgIpc) is 2.83. The third kappa shape index (κ3) is 2.18. The highest BCUT2D eigenvalue weighted by molar-refractivity contribution is 6.37. The fourth-order valence-corrected chi connectivity index (χ4v) is 1.79. The van der Waals surface area contributed by atoms with Crippen molar-refractivity contribution in [2.45, 2.75) is 19.4 Å². The van der Waals surface area contributed by atoms with E-state index >= 15 is 0 Å². The van der Waals surface area contributed by atoms with Crippen LogP contribution in [0.2, 0.25) is 0 Å². The molecule has 0 saturated heterocycles. The fourth-order valence-electron chi connectivity index (χ4n) is 1.79. The Morgan fingerprint density at radius 1 is 1.50 bits per heavy atom. The van der Waals surface area contributed by atoms with Gasteiger partial charge in [-0.25, -0.2) is 9.80 Å². The SMILES string of the molecule is COC(=O)C1=NN(c2ccc(C)cc2)C(C#N)C1. The quantitative estimate of drug-likeness (QED) is 0.740. The number of nitrogens with zero attached hydrogens (tertiary/aromatic N) is 3. The standard InChI is InChI=1S/C13H13N3O2/c1-9-3-5-10(6-4-9)16-11(8-14)7-12(15-16)13(17)18-2/h3-6,11H,7H2,1-2H3. The summed E-state index contributed by atoms with van der Waals surface area (Å²) in [5.74, 6) is -0.482. The minimum absolute atomic E-state index is 0.282. The van der Waals surface area contributed by atoms with Crippen LogP contribution in [0.5, 0.6) is 0 Å². The van der Waals surface area contributed by atoms with Gasteiger partial charge in [-0.05, 0) is 19.1 Å². The molecule has 0 radical (unpaired) electrons. The highest BCUT2D eigenvalue weighted by Crippen LogP contribution is 2.24. The van der Waals surface area contributed by atoms with Crippen LogP contribution in [0.1, 0.15) is 12.0 Å². The second-order valence-electron chi connectivity index (χ2n) is 4.07. The van der Waals surface area contributed by atoms with Crippen molar-refractivity contribution in [1.29, 1.82) is 5.26 Å². The summed E-state index contributed by atoms with van der Waals surface area (Å²) in [5.41, 5.74) is 2.21. The first-order valence-corrected chi connectivity index (χ1v) is 5.57. The molecular formula is C13H13N3O2. The van der Waals surface area contributed by atoms with Gasteiger partial charge in [0.1, 0.15) is 11.8 Å². The van der Waals surface area contributed by atoms with E-state index in [1.54, 1.807) is 5.01 Å². The minimum Gasteiger partial charge on any atom is -0.464 e. The van der Waals surface area contributed by atoms with Crippen molar-refractivity contribution in [3.8, 4) is 6.07 Å². The smallest absolute Gasteiger partial charge is 0.354 e. The fraction of sp³-hybridized carbons (Fsp3) is 0.308. The maximum absolute atomic E-state index is 11.4. The lowest BCUT2D eigenvalue weighted by Crippen LogP contribution is -2.24. The maximum Gasteiger partial charge on any atom is 0.354 e. The Kier molecular flexibility index (Phi) is 3.28. The number of benzene rings is 1. The highest BCUT2D eigenvalue weighted by Gasteiger charge is 2.31. The van der Waals surface area contributed by atoms with E-state index < -0.39 is 12.0 Å². The van der Waals surface area contributed by atoms with Crippen LogP contribution in [-0.4, -0.2) is 24.8 Å². The van der Waals surface area contributed by atoms with Gasteiger partial charge in [0.2, 0.25) is 0 Å². The molecule has 5 nitrogen and oxygen atoms in total. The van der Waals surface area contributed by atoms with E-state index in [4.69, 9.17) is 5.26 Å². The number of carbonyl (C=O) groups is 1. The minimum atomic E-state index is -0.482. The number of esters is 1. The van der Waals surface area contributed by atoms with Crippen molar-refractivity contribution in [2.24, 2.45) is 5.10 Å². The van der Waals surface area contributed by atoms with Gasteiger partial charge < -0.3 is 4.74 Å². The number of hydrogen-bond donors (Lipinski definition) is 0. The van der Waals surface area contributed by atoms with Crippen LogP contribution in [0.15, 0.2) is 29.4 Å². The molecule has 1 aromatic rings. The molecule has 0 bridgehead atoms. The zero-order chi connectivity index (χ0) is 13.1. The molecule has 1 heterocycles. The molecule has 1 aliphatic rings. The van der Waals surface area contributed by atoms with Crippen molar-refractivity contribution >= 4 is 17.4 Å². The van der Waals surface area contributed by atoms with E-state index in [9.17, 15) is 4.79 Å². The molecule has 1 aromatic carbocycles. The van der Waals surface area contributed by atoms with E-state index in [0.717, 1.165) is 11.3 Å². The van der Waals surface area contributed by atoms with E-state index in [2.05, 4.69) is 15.9 Å². The topological polar surface area (TPSA) is 65.7 Å². The number of methoxy groups -OCH3 is 1. The van der Waals surface area contributed by atoms with Crippen molar-refractivity contribution in [3.05, 3.63) is 29.8 Å². The molecule has 0 spiro atoms. The van der Waals surface area contributed by atoms with Gasteiger partial charge in [-0.1, -0.05) is 17.7 Å². The van der Waals surface area contributed by atoms with E-state index in [1.165, 1.54) is 7.11 Å². The molecule has 0 N–H and O–H groups in total. The Morgan fingerprint density at radius 2 is 2.17 bits per heavy atom. The van der Waals surface area contributed by atoms with Crippen molar-refractivity contribution in [1.82, 2.24) is 0 Å². The summed E-state index contributed by atoms with van der Waals surface area (Å²) in [6.07, 6.45) is 0.289. The zero-order valence-electron chi connectivity index (χ0n) is 10.3. The summed E-state index contributed by atoms with van der Waals surface area (Å²) in [4.78, 5) is 11.4. The number of rotatable bonds is 2. The first kappa shape index (κ1) is 12.1. The number of hydrazone groups is 1. The largest absolute Gasteiger partial charge is 0.464 e. The van der Waals surface area contributed by atoms with Crippen LogP contribution in [0, 0.1) is 18.3 Å². The van der Waals surface area contributed by atoms with Gasteiger partial charge in [0.25, 0.3) is 0 Å². The normalized spacial score (nSPS) is 18.2. The second-order valence-corrected chi connectivity index (χ2v) is 4.07. The third-order valence-electron chi connectivity index (χ3n) is 2.78. The average molecular weight is 243 g/mol. The molecule has 0 saturated carbocycles. The summed E-state index contributed by atoms with van der Waals surface area (Å²) in [7, 11) is 1.31. The summed E-state index contributed by atoms with van der Waals surface area (Å²) in [5, 5.41) is 14.8. The van der Waals surface area contributed by atoms with Crippen LogP contribution in [0.25, 0.3) is 0 Å². The second kappa shape index (κ2) is 4.88. The lowest BCUT2D eigenvalue weighted by Gasteiger charge is -2.17. The molecule has 1 aliphatic heterocycles. The predicted molar refractivity (Wildman–Crippen MR) is 67.1 cm³/mol. The molecule has 1 unspecified atom stereocenters. The first-order chi connectivity index (χ1) is 8.65.